The summed E-state index contributed by atoms with van der Waals surface area (Å²) in [6, 6.07) is 8.00. The lowest BCUT2D eigenvalue weighted by Crippen LogP contribution is -2.45. The molecule has 192 valence electrons. The number of esters is 1. The molecule has 2 aliphatic rings. The zero-order valence-electron chi connectivity index (χ0n) is 19.1. The lowest BCUT2D eigenvalue weighted by atomic mass is 9.87. The van der Waals surface area contributed by atoms with Crippen LogP contribution in [0.2, 0.25) is 0 Å². The number of phenolic OH excluding ortho intramolecular Hbond substituents is 1. The third kappa shape index (κ3) is 5.25. The van der Waals surface area contributed by atoms with E-state index in [-0.39, 0.29) is 35.8 Å². The van der Waals surface area contributed by atoms with Gasteiger partial charge in [0.1, 0.15) is 11.5 Å². The van der Waals surface area contributed by atoms with Crippen LogP contribution in [-0.2, 0) is 38.3 Å². The van der Waals surface area contributed by atoms with Crippen LogP contribution in [0.15, 0.2) is 36.4 Å². The fourth-order valence-electron chi connectivity index (χ4n) is 4.08. The molecule has 4 rings (SSSR count). The van der Waals surface area contributed by atoms with Crippen molar-refractivity contribution in [3.63, 3.8) is 0 Å². The van der Waals surface area contributed by atoms with Gasteiger partial charge >= 0.3 is 18.3 Å². The molecule has 0 aromatic heterocycles. The van der Waals surface area contributed by atoms with Crippen LogP contribution in [0.25, 0.3) is 0 Å². The molecule has 0 amide bonds. The highest BCUT2D eigenvalue weighted by Crippen LogP contribution is 2.47. The maximum atomic E-state index is 13.1. The highest BCUT2D eigenvalue weighted by molar-refractivity contribution is 5.69. The third-order valence-corrected chi connectivity index (χ3v) is 6.06. The van der Waals surface area contributed by atoms with Crippen molar-refractivity contribution in [2.24, 2.45) is 0 Å². The molecule has 0 saturated heterocycles. The number of rotatable bonds is 1. The number of alkyl halides is 6. The average molecular weight is 506 g/mol. The van der Waals surface area contributed by atoms with Gasteiger partial charge in [0.25, 0.3) is 0 Å². The lowest BCUT2D eigenvalue weighted by Gasteiger charge is -2.37. The fraction of sp³-hybridized carbons (Fsp3) is 0.458. The van der Waals surface area contributed by atoms with E-state index in [9.17, 15) is 36.2 Å². The molecule has 0 saturated carbocycles. The van der Waals surface area contributed by atoms with Crippen LogP contribution in [0.3, 0.4) is 0 Å². The molecule has 11 heteroatoms. The van der Waals surface area contributed by atoms with Gasteiger partial charge in [-0.25, -0.2) is 0 Å². The van der Waals surface area contributed by atoms with E-state index in [1.165, 1.54) is 43.3 Å². The summed E-state index contributed by atoms with van der Waals surface area (Å²) >= 11 is 0. The third-order valence-electron chi connectivity index (χ3n) is 6.06. The topological polar surface area (TPSA) is 65.0 Å². The average Bonchev–Trinajstić information content (AvgIpc) is 2.72. The molecule has 2 aromatic carbocycles. The molecule has 2 aliphatic heterocycles. The number of phenols is 1. The number of carbonyl (C=O) groups excluding carboxylic acids is 1. The molecule has 0 aliphatic carbocycles. The maximum Gasteiger partial charge on any atom is 0.421 e. The zero-order chi connectivity index (χ0) is 26.2. The van der Waals surface area contributed by atoms with Gasteiger partial charge in [0.05, 0.1) is 13.2 Å². The molecule has 0 radical (unpaired) electrons. The van der Waals surface area contributed by atoms with Gasteiger partial charge in [0.15, 0.2) is 11.2 Å². The number of ether oxygens (including phenoxy) is 3. The van der Waals surface area contributed by atoms with Crippen molar-refractivity contribution >= 4 is 5.97 Å². The van der Waals surface area contributed by atoms with Crippen molar-refractivity contribution in [3.8, 4) is 11.5 Å². The molecule has 0 fully saturated rings. The van der Waals surface area contributed by atoms with Gasteiger partial charge in [-0.15, -0.1) is 0 Å². The Morgan fingerprint density at radius 1 is 0.857 bits per heavy atom. The van der Waals surface area contributed by atoms with Gasteiger partial charge in [0.2, 0.25) is 0 Å². The smallest absolute Gasteiger partial charge is 0.421 e. The maximum absolute atomic E-state index is 13.1. The van der Waals surface area contributed by atoms with E-state index in [0.717, 1.165) is 13.8 Å². The first-order chi connectivity index (χ1) is 16.1. The van der Waals surface area contributed by atoms with E-state index < -0.39 is 29.5 Å². The standard InChI is InChI=1S/C13H13F3O3.C11H11F3O2/c1-8(17)19-10-3-4-11-9(7-10)5-6-18-12(11,2)13(14,15)16;1-10(11(12,13)14)9-3-2-8(15)6-7(9)4-5-16-10/h3-4,7H,5-6H2,1-2H3;2-3,6,15H,4-5H2,1H3. The monoisotopic (exact) mass is 506 g/mol. The van der Waals surface area contributed by atoms with Crippen molar-refractivity contribution in [3.05, 3.63) is 58.7 Å². The van der Waals surface area contributed by atoms with E-state index in [2.05, 4.69) is 0 Å². The van der Waals surface area contributed by atoms with Crippen molar-refractivity contribution in [1.29, 1.82) is 0 Å². The summed E-state index contributed by atoms with van der Waals surface area (Å²) in [7, 11) is 0. The molecule has 35 heavy (non-hydrogen) atoms. The number of carbonyl (C=O) groups is 1. The Morgan fingerprint density at radius 3 is 1.77 bits per heavy atom. The summed E-state index contributed by atoms with van der Waals surface area (Å²) in [4.78, 5) is 10.8. The second-order valence-electron chi connectivity index (χ2n) is 8.51. The fourth-order valence-corrected chi connectivity index (χ4v) is 4.08. The van der Waals surface area contributed by atoms with Crippen LogP contribution in [0.5, 0.6) is 11.5 Å². The normalized spacial score (nSPS) is 23.9. The van der Waals surface area contributed by atoms with E-state index in [4.69, 9.17) is 14.2 Å². The Bertz CT molecular complexity index is 1100. The van der Waals surface area contributed by atoms with Crippen LogP contribution in [0.4, 0.5) is 26.3 Å². The van der Waals surface area contributed by atoms with Crippen LogP contribution in [0.1, 0.15) is 43.0 Å². The summed E-state index contributed by atoms with van der Waals surface area (Å²) < 4.78 is 92.8. The van der Waals surface area contributed by atoms with Crippen LogP contribution in [-0.4, -0.2) is 36.6 Å². The molecule has 5 nitrogen and oxygen atoms in total. The van der Waals surface area contributed by atoms with Crippen molar-refractivity contribution in [1.82, 2.24) is 0 Å². The van der Waals surface area contributed by atoms with Crippen molar-refractivity contribution in [2.45, 2.75) is 57.2 Å². The van der Waals surface area contributed by atoms with Gasteiger partial charge in [-0.05, 0) is 73.2 Å². The van der Waals surface area contributed by atoms with E-state index in [0.29, 0.717) is 24.0 Å². The van der Waals surface area contributed by atoms with Crippen molar-refractivity contribution < 1.29 is 50.5 Å². The highest BCUT2D eigenvalue weighted by Gasteiger charge is 2.56. The molecule has 2 atom stereocenters. The molecule has 0 spiro atoms. The van der Waals surface area contributed by atoms with Crippen molar-refractivity contribution in [2.75, 3.05) is 13.2 Å². The van der Waals surface area contributed by atoms with E-state index >= 15 is 0 Å². The molecule has 2 heterocycles. The number of aromatic hydroxyl groups is 1. The van der Waals surface area contributed by atoms with Crippen LogP contribution < -0.4 is 4.74 Å². The molecule has 2 unspecified atom stereocenters. The minimum atomic E-state index is -4.49. The Kier molecular flexibility index (Phi) is 7.16. The number of halogens is 6. The zero-order valence-corrected chi connectivity index (χ0v) is 19.1. The first-order valence-electron chi connectivity index (χ1n) is 10.6. The summed E-state index contributed by atoms with van der Waals surface area (Å²) in [5.74, 6) is -0.284. The largest absolute Gasteiger partial charge is 0.508 e. The molecular weight excluding hydrogens is 482 g/mol. The number of fused-ring (bicyclic) bond motifs is 2. The predicted molar refractivity (Wildman–Crippen MR) is 112 cm³/mol. The SMILES string of the molecule is CC(=O)Oc1ccc2c(c1)CCOC2(C)C(F)(F)F.CC1(C(F)(F)F)OCCc2cc(O)ccc21. The Balaban J connectivity index is 0.000000198. The predicted octanol–water partition coefficient (Wildman–Crippen LogP) is 5.70. The second-order valence-corrected chi connectivity index (χ2v) is 8.51. The molecule has 2 aromatic rings. The van der Waals surface area contributed by atoms with Gasteiger partial charge in [-0.2, -0.15) is 26.3 Å². The Hall–Kier alpha value is -2.79. The Morgan fingerprint density at radius 2 is 1.31 bits per heavy atom. The van der Waals surface area contributed by atoms with Gasteiger partial charge < -0.3 is 19.3 Å². The van der Waals surface area contributed by atoms with E-state index in [1.54, 1.807) is 0 Å². The molecular formula is C24H24F6O5. The highest BCUT2D eigenvalue weighted by atomic mass is 19.4. The summed E-state index contributed by atoms with van der Waals surface area (Å²) in [6.07, 6.45) is -8.21. The summed E-state index contributed by atoms with van der Waals surface area (Å²) in [6.45, 7) is 3.25. The summed E-state index contributed by atoms with van der Waals surface area (Å²) in [5.41, 5.74) is -3.44. The Labute approximate surface area is 197 Å². The minimum absolute atomic E-state index is 0.00641. The van der Waals surface area contributed by atoms with Gasteiger partial charge in [-0.1, -0.05) is 12.1 Å². The van der Waals surface area contributed by atoms with Gasteiger partial charge in [0, 0.05) is 6.92 Å². The molecule has 1 N–H and O–H groups in total. The van der Waals surface area contributed by atoms with Crippen LogP contribution in [0, 0.1) is 0 Å². The first kappa shape index (κ1) is 26.8. The number of benzene rings is 2. The van der Waals surface area contributed by atoms with Crippen LogP contribution >= 0.6 is 0 Å². The number of hydrogen-bond acceptors (Lipinski definition) is 5. The first-order valence-corrected chi connectivity index (χ1v) is 10.6. The minimum Gasteiger partial charge on any atom is -0.508 e. The lowest BCUT2D eigenvalue weighted by molar-refractivity contribution is -0.281. The second kappa shape index (κ2) is 9.34. The quantitative estimate of drug-likeness (QED) is 0.305. The van der Waals surface area contributed by atoms with Gasteiger partial charge in [-0.3, -0.25) is 4.79 Å². The number of hydrogen-bond donors (Lipinski definition) is 1. The molecule has 0 bridgehead atoms. The summed E-state index contributed by atoms with van der Waals surface area (Å²) in [5, 5.41) is 9.24. The van der Waals surface area contributed by atoms with E-state index in [1.807, 2.05) is 0 Å².